The van der Waals surface area contributed by atoms with Gasteiger partial charge in [0.2, 0.25) is 5.91 Å². The van der Waals surface area contributed by atoms with Gasteiger partial charge in [0.25, 0.3) is 0 Å². The van der Waals surface area contributed by atoms with Crippen molar-refractivity contribution in [2.45, 2.75) is 64.6 Å². The number of hydrogen-bond donors (Lipinski definition) is 1. The molecule has 1 fully saturated rings. The van der Waals surface area contributed by atoms with E-state index >= 15 is 0 Å². The summed E-state index contributed by atoms with van der Waals surface area (Å²) in [7, 11) is 0. The van der Waals surface area contributed by atoms with Gasteiger partial charge in [-0.15, -0.1) is 10.2 Å². The highest BCUT2D eigenvalue weighted by Crippen LogP contribution is 2.17. The van der Waals surface area contributed by atoms with E-state index in [2.05, 4.69) is 25.0 Å². The minimum Gasteiger partial charge on any atom is -0.353 e. The number of nitrogens with one attached hydrogen (secondary N) is 1. The molecule has 6 nitrogen and oxygen atoms in total. The number of nitrogens with zero attached hydrogens (tertiary/aromatic N) is 4. The Labute approximate surface area is 125 Å². The smallest absolute Gasteiger partial charge is 0.221 e. The Balaban J connectivity index is 1.42. The third-order valence-corrected chi connectivity index (χ3v) is 4.64. The molecule has 0 aromatic carbocycles. The van der Waals surface area contributed by atoms with Crippen LogP contribution in [0.5, 0.6) is 0 Å². The van der Waals surface area contributed by atoms with E-state index < -0.39 is 0 Å². The maximum Gasteiger partial charge on any atom is 0.221 e. The number of carbonyl (C=O) groups is 1. The number of aromatic nitrogens is 3. The second-order valence-corrected chi connectivity index (χ2v) is 6.24. The number of carbonyl (C=O) groups excluding carboxylic acids is 1. The first-order chi connectivity index (χ1) is 10.2. The normalized spacial score (nSPS) is 20.2. The molecule has 0 bridgehead atoms. The fourth-order valence-electron chi connectivity index (χ4n) is 3.35. The minimum absolute atomic E-state index is 0.199. The lowest BCUT2D eigenvalue weighted by atomic mass is 9.95. The first-order valence-corrected chi connectivity index (χ1v) is 8.13. The van der Waals surface area contributed by atoms with E-state index in [0.717, 1.165) is 50.7 Å². The molecule has 1 aromatic rings. The van der Waals surface area contributed by atoms with Crippen LogP contribution in [0.25, 0.3) is 0 Å². The topological polar surface area (TPSA) is 63.1 Å². The predicted molar refractivity (Wildman–Crippen MR) is 79.7 cm³/mol. The molecule has 2 aliphatic rings. The van der Waals surface area contributed by atoms with Crippen LogP contribution in [-0.2, 0) is 17.9 Å². The van der Waals surface area contributed by atoms with Gasteiger partial charge in [-0.3, -0.25) is 9.69 Å². The third-order valence-electron chi connectivity index (χ3n) is 4.64. The average Bonchev–Trinajstić information content (AvgIpc) is 2.87. The van der Waals surface area contributed by atoms with Crippen LogP contribution in [0.3, 0.4) is 0 Å². The van der Waals surface area contributed by atoms with E-state index in [1.54, 1.807) is 0 Å². The van der Waals surface area contributed by atoms with Crippen molar-refractivity contribution in [2.75, 3.05) is 13.1 Å². The predicted octanol–water partition coefficient (Wildman–Crippen LogP) is 1.24. The van der Waals surface area contributed by atoms with Crippen molar-refractivity contribution in [1.29, 1.82) is 0 Å². The Bertz CT molecular complexity index is 492. The molecule has 1 aliphatic carbocycles. The zero-order valence-corrected chi connectivity index (χ0v) is 12.8. The standard InChI is InChI=1S/C15H25N5O/c1-12-17-18-14-11-19(9-10-20(12)14)8-7-15(21)16-13-5-3-2-4-6-13/h13H,2-11H2,1H3,(H,16,21). The summed E-state index contributed by atoms with van der Waals surface area (Å²) in [5.74, 6) is 2.20. The summed E-state index contributed by atoms with van der Waals surface area (Å²) in [6.45, 7) is 5.51. The Morgan fingerprint density at radius 2 is 2.05 bits per heavy atom. The molecule has 1 amide bonds. The Hall–Kier alpha value is -1.43. The molecule has 1 aromatic heterocycles. The lowest BCUT2D eigenvalue weighted by Gasteiger charge is -2.28. The first-order valence-electron chi connectivity index (χ1n) is 8.13. The maximum atomic E-state index is 12.0. The monoisotopic (exact) mass is 291 g/mol. The molecule has 0 saturated heterocycles. The highest BCUT2D eigenvalue weighted by Gasteiger charge is 2.21. The lowest BCUT2D eigenvalue weighted by Crippen LogP contribution is -2.40. The molecule has 21 heavy (non-hydrogen) atoms. The fraction of sp³-hybridized carbons (Fsp3) is 0.800. The maximum absolute atomic E-state index is 12.0. The summed E-state index contributed by atoms with van der Waals surface area (Å²) in [4.78, 5) is 14.3. The Morgan fingerprint density at radius 3 is 2.86 bits per heavy atom. The summed E-state index contributed by atoms with van der Waals surface area (Å²) in [5.41, 5.74) is 0. The van der Waals surface area contributed by atoms with E-state index in [-0.39, 0.29) is 5.91 Å². The van der Waals surface area contributed by atoms with Crippen molar-refractivity contribution in [3.63, 3.8) is 0 Å². The number of rotatable bonds is 4. The van der Waals surface area contributed by atoms with Crippen LogP contribution < -0.4 is 5.32 Å². The van der Waals surface area contributed by atoms with Gasteiger partial charge in [-0.05, 0) is 19.8 Å². The number of amides is 1. The Kier molecular flexibility index (Phi) is 4.53. The lowest BCUT2D eigenvalue weighted by molar-refractivity contribution is -0.122. The van der Waals surface area contributed by atoms with Gasteiger partial charge in [0, 0.05) is 32.1 Å². The summed E-state index contributed by atoms with van der Waals surface area (Å²) in [6, 6.07) is 0.415. The highest BCUT2D eigenvalue weighted by atomic mass is 16.1. The molecule has 116 valence electrons. The molecule has 1 aliphatic heterocycles. The molecule has 3 rings (SSSR count). The molecule has 0 radical (unpaired) electrons. The van der Waals surface area contributed by atoms with Crippen molar-refractivity contribution in [1.82, 2.24) is 25.0 Å². The van der Waals surface area contributed by atoms with Crippen LogP contribution in [0.15, 0.2) is 0 Å². The van der Waals surface area contributed by atoms with Gasteiger partial charge in [-0.1, -0.05) is 19.3 Å². The van der Waals surface area contributed by atoms with E-state index in [1.165, 1.54) is 19.3 Å². The van der Waals surface area contributed by atoms with Crippen molar-refractivity contribution in [3.8, 4) is 0 Å². The van der Waals surface area contributed by atoms with Crippen molar-refractivity contribution >= 4 is 5.91 Å². The molecule has 2 heterocycles. The molecule has 0 unspecified atom stereocenters. The van der Waals surface area contributed by atoms with Gasteiger partial charge in [0.1, 0.15) is 11.6 Å². The molecule has 6 heteroatoms. The van der Waals surface area contributed by atoms with Gasteiger partial charge in [-0.25, -0.2) is 0 Å². The van der Waals surface area contributed by atoms with Crippen molar-refractivity contribution < 1.29 is 4.79 Å². The van der Waals surface area contributed by atoms with Crippen molar-refractivity contribution in [3.05, 3.63) is 11.6 Å². The minimum atomic E-state index is 0.199. The molecule has 0 atom stereocenters. The summed E-state index contributed by atoms with van der Waals surface area (Å²) >= 11 is 0. The van der Waals surface area contributed by atoms with Crippen LogP contribution >= 0.6 is 0 Å². The van der Waals surface area contributed by atoms with E-state index in [1.807, 2.05) is 6.92 Å². The van der Waals surface area contributed by atoms with Crippen LogP contribution in [0, 0.1) is 6.92 Å². The van der Waals surface area contributed by atoms with Gasteiger partial charge >= 0.3 is 0 Å². The fourth-order valence-corrected chi connectivity index (χ4v) is 3.35. The van der Waals surface area contributed by atoms with Crippen LogP contribution in [0.4, 0.5) is 0 Å². The van der Waals surface area contributed by atoms with Gasteiger partial charge in [-0.2, -0.15) is 0 Å². The number of fused-ring (bicyclic) bond motifs is 1. The quantitative estimate of drug-likeness (QED) is 0.906. The van der Waals surface area contributed by atoms with Crippen LogP contribution in [0.2, 0.25) is 0 Å². The van der Waals surface area contributed by atoms with Crippen LogP contribution in [0.1, 0.15) is 50.2 Å². The van der Waals surface area contributed by atoms with Gasteiger partial charge in [0.15, 0.2) is 0 Å². The third kappa shape index (κ3) is 3.61. The summed E-state index contributed by atoms with van der Waals surface area (Å²) in [5, 5.41) is 11.5. The molecule has 0 spiro atoms. The molecule has 1 saturated carbocycles. The number of hydrogen-bond acceptors (Lipinski definition) is 4. The van der Waals surface area contributed by atoms with Crippen molar-refractivity contribution in [2.24, 2.45) is 0 Å². The highest BCUT2D eigenvalue weighted by molar-refractivity contribution is 5.76. The molecular formula is C15H25N5O. The van der Waals surface area contributed by atoms with E-state index in [4.69, 9.17) is 0 Å². The van der Waals surface area contributed by atoms with E-state index in [0.29, 0.717) is 12.5 Å². The van der Waals surface area contributed by atoms with E-state index in [9.17, 15) is 4.79 Å². The zero-order chi connectivity index (χ0) is 14.7. The zero-order valence-electron chi connectivity index (χ0n) is 12.8. The first kappa shape index (κ1) is 14.5. The number of aryl methyl sites for hydroxylation is 1. The average molecular weight is 291 g/mol. The Morgan fingerprint density at radius 1 is 1.24 bits per heavy atom. The molecular weight excluding hydrogens is 266 g/mol. The van der Waals surface area contributed by atoms with Gasteiger partial charge in [0.05, 0.1) is 6.54 Å². The largest absolute Gasteiger partial charge is 0.353 e. The second kappa shape index (κ2) is 6.56. The summed E-state index contributed by atoms with van der Waals surface area (Å²) in [6.07, 6.45) is 6.72. The molecule has 1 N–H and O–H groups in total. The SMILES string of the molecule is Cc1nnc2n1CCN(CCC(=O)NC1CCCCC1)C2. The summed E-state index contributed by atoms with van der Waals surface area (Å²) < 4.78 is 2.17. The second-order valence-electron chi connectivity index (χ2n) is 6.24. The van der Waals surface area contributed by atoms with Crippen LogP contribution in [-0.4, -0.2) is 44.7 Å². The van der Waals surface area contributed by atoms with Gasteiger partial charge < -0.3 is 9.88 Å².